The highest BCUT2D eigenvalue weighted by Crippen LogP contribution is 2.39. The van der Waals surface area contributed by atoms with Crippen molar-refractivity contribution in [2.75, 3.05) is 10.6 Å². The predicted molar refractivity (Wildman–Crippen MR) is 134 cm³/mol. The number of pyridine rings is 1. The van der Waals surface area contributed by atoms with E-state index >= 15 is 0 Å². The molecule has 0 aliphatic carbocycles. The molecular formula is C26H23ClF3N3O4. The second kappa shape index (κ2) is 11.0. The molecule has 3 rings (SSSR count). The fourth-order valence-electron chi connectivity index (χ4n) is 3.24. The fraction of sp³-hybridized carbons (Fsp3) is 0.231. The average molecular weight is 534 g/mol. The van der Waals surface area contributed by atoms with Gasteiger partial charge >= 0.3 is 12.3 Å². The van der Waals surface area contributed by atoms with Crippen molar-refractivity contribution in [3.05, 3.63) is 76.9 Å². The maximum Gasteiger partial charge on any atom is 0.417 e. The Hall–Kier alpha value is -3.92. The smallest absolute Gasteiger partial charge is 0.417 e. The van der Waals surface area contributed by atoms with Crippen LogP contribution in [0.25, 0.3) is 11.3 Å². The molecule has 0 radical (unpaired) electrons. The van der Waals surface area contributed by atoms with Crippen LogP contribution in [0.15, 0.2) is 60.8 Å². The normalized spacial score (nSPS) is 11.5. The lowest BCUT2D eigenvalue weighted by Gasteiger charge is -2.21. The summed E-state index contributed by atoms with van der Waals surface area (Å²) >= 11 is 5.80. The Morgan fingerprint density at radius 3 is 2.27 bits per heavy atom. The van der Waals surface area contributed by atoms with Crippen LogP contribution in [-0.4, -0.2) is 28.4 Å². The third-order valence-corrected chi connectivity index (χ3v) is 5.10. The van der Waals surface area contributed by atoms with Crippen molar-refractivity contribution in [2.24, 2.45) is 0 Å². The van der Waals surface area contributed by atoms with E-state index in [4.69, 9.17) is 16.3 Å². The fourth-order valence-corrected chi connectivity index (χ4v) is 3.51. The molecule has 0 saturated carbocycles. The van der Waals surface area contributed by atoms with Gasteiger partial charge in [0.25, 0.3) is 0 Å². The van der Waals surface area contributed by atoms with Crippen LogP contribution in [0.1, 0.15) is 43.1 Å². The molecule has 0 atom stereocenters. The van der Waals surface area contributed by atoms with Gasteiger partial charge < -0.3 is 10.1 Å². The summed E-state index contributed by atoms with van der Waals surface area (Å²) in [6.45, 7) is 4.73. The maximum absolute atomic E-state index is 13.4. The van der Waals surface area contributed by atoms with E-state index < -0.39 is 52.3 Å². The van der Waals surface area contributed by atoms with Crippen LogP contribution in [0.5, 0.6) is 0 Å². The van der Waals surface area contributed by atoms with Gasteiger partial charge in [0, 0.05) is 17.3 Å². The summed E-state index contributed by atoms with van der Waals surface area (Å²) < 4.78 is 45.2. The van der Waals surface area contributed by atoms with Crippen molar-refractivity contribution >= 4 is 40.8 Å². The molecule has 0 aliphatic rings. The Morgan fingerprint density at radius 2 is 1.65 bits per heavy atom. The number of nitrogens with one attached hydrogen (secondary N) is 2. The predicted octanol–water partition coefficient (Wildman–Crippen LogP) is 6.98. The highest BCUT2D eigenvalue weighted by Gasteiger charge is 2.34. The summed E-state index contributed by atoms with van der Waals surface area (Å²) in [5.41, 5.74) is -1.23. The summed E-state index contributed by atoms with van der Waals surface area (Å²) in [5, 5.41) is 3.85. The molecule has 37 heavy (non-hydrogen) atoms. The molecule has 2 N–H and O–H groups in total. The number of hydrogen-bond donors (Lipinski definition) is 2. The summed E-state index contributed by atoms with van der Waals surface area (Å²) in [4.78, 5) is 41.8. The molecular weight excluding hydrogens is 511 g/mol. The first-order valence-corrected chi connectivity index (χ1v) is 11.4. The largest absolute Gasteiger partial charge is 0.444 e. The van der Waals surface area contributed by atoms with E-state index in [9.17, 15) is 27.6 Å². The van der Waals surface area contributed by atoms with Gasteiger partial charge in [-0.15, -0.1) is 0 Å². The van der Waals surface area contributed by atoms with Crippen LogP contribution in [0.2, 0.25) is 5.02 Å². The topological polar surface area (TPSA) is 97.4 Å². The van der Waals surface area contributed by atoms with E-state index in [1.165, 1.54) is 6.07 Å². The van der Waals surface area contributed by atoms with Crippen LogP contribution in [0.4, 0.5) is 29.3 Å². The van der Waals surface area contributed by atoms with E-state index in [1.807, 2.05) is 0 Å². The number of carbonyl (C=O) groups excluding carboxylic acids is 3. The number of amides is 2. The number of benzene rings is 2. The first-order chi connectivity index (χ1) is 17.2. The molecule has 2 amide bonds. The molecule has 3 aromatic rings. The van der Waals surface area contributed by atoms with Crippen LogP contribution < -0.4 is 10.6 Å². The molecule has 11 heteroatoms. The van der Waals surface area contributed by atoms with Gasteiger partial charge in [0.2, 0.25) is 5.91 Å². The number of Topliss-reactive ketones (excluding diaryl/α,β-unsaturated/α-hetero) is 1. The third kappa shape index (κ3) is 7.78. The van der Waals surface area contributed by atoms with E-state index in [-0.39, 0.29) is 11.3 Å². The zero-order valence-electron chi connectivity index (χ0n) is 20.1. The van der Waals surface area contributed by atoms with Gasteiger partial charge in [-0.1, -0.05) is 35.9 Å². The summed E-state index contributed by atoms with van der Waals surface area (Å²) in [7, 11) is 0. The molecule has 0 bridgehead atoms. The summed E-state index contributed by atoms with van der Waals surface area (Å²) in [5.74, 6) is -1.36. The molecule has 1 heterocycles. The first-order valence-electron chi connectivity index (χ1n) is 11.0. The van der Waals surface area contributed by atoms with Gasteiger partial charge in [-0.2, -0.15) is 13.2 Å². The lowest BCUT2D eigenvalue weighted by molar-refractivity contribution is -0.137. The minimum absolute atomic E-state index is 0.233. The number of halogens is 4. The highest BCUT2D eigenvalue weighted by molar-refractivity contribution is 6.32. The molecule has 194 valence electrons. The number of anilines is 2. The maximum atomic E-state index is 13.4. The van der Waals surface area contributed by atoms with Gasteiger partial charge in [-0.3, -0.25) is 19.9 Å². The van der Waals surface area contributed by atoms with Gasteiger partial charge in [0.05, 0.1) is 34.1 Å². The number of ether oxygens (including phenoxy) is 1. The highest BCUT2D eigenvalue weighted by atomic mass is 35.5. The Bertz CT molecular complexity index is 1320. The average Bonchev–Trinajstić information content (AvgIpc) is 2.79. The van der Waals surface area contributed by atoms with Crippen LogP contribution in [0, 0.1) is 0 Å². The second-order valence-corrected chi connectivity index (χ2v) is 9.35. The zero-order chi connectivity index (χ0) is 27.4. The summed E-state index contributed by atoms with van der Waals surface area (Å²) in [6.07, 6.45) is -4.87. The number of nitrogens with zero attached hydrogens (tertiary/aromatic N) is 1. The molecule has 0 fully saturated rings. The van der Waals surface area contributed by atoms with E-state index in [2.05, 4.69) is 15.6 Å². The molecule has 0 unspecified atom stereocenters. The SMILES string of the molecule is CC(C)(C)OC(=O)Nc1cc(C(F)(F)F)c(Cl)cc1NC(=O)CC(=O)c1cccc(-c2ccccn2)c1. The van der Waals surface area contributed by atoms with E-state index in [0.29, 0.717) is 17.3 Å². The molecule has 2 aromatic carbocycles. The van der Waals surface area contributed by atoms with Gasteiger partial charge in [0.15, 0.2) is 5.78 Å². The standard InChI is InChI=1S/C26H23ClF3N3O4/c1-25(2,3)37-24(36)33-20-12-17(26(28,29)30)18(27)13-21(20)32-23(35)14-22(34)16-8-6-7-15(11-16)19-9-4-5-10-31-19/h4-13H,14H2,1-3H3,(H,32,35)(H,33,36). The zero-order valence-corrected chi connectivity index (χ0v) is 20.8. The minimum atomic E-state index is -4.82. The molecule has 1 aromatic heterocycles. The number of aromatic nitrogens is 1. The number of hydrogen-bond acceptors (Lipinski definition) is 5. The van der Waals surface area contributed by atoms with Crippen molar-refractivity contribution in [1.82, 2.24) is 4.98 Å². The number of alkyl halides is 3. The molecule has 0 spiro atoms. The second-order valence-electron chi connectivity index (χ2n) is 8.95. The van der Waals surface area contributed by atoms with Crippen LogP contribution in [-0.2, 0) is 15.7 Å². The Morgan fingerprint density at radius 1 is 0.946 bits per heavy atom. The van der Waals surface area contributed by atoms with Crippen LogP contribution >= 0.6 is 11.6 Å². The number of rotatable bonds is 6. The molecule has 0 saturated heterocycles. The van der Waals surface area contributed by atoms with E-state index in [0.717, 1.165) is 6.07 Å². The molecule has 7 nitrogen and oxygen atoms in total. The van der Waals surface area contributed by atoms with E-state index in [1.54, 1.807) is 63.4 Å². The molecule has 0 aliphatic heterocycles. The van der Waals surface area contributed by atoms with Crippen molar-refractivity contribution in [3.8, 4) is 11.3 Å². The summed E-state index contributed by atoms with van der Waals surface area (Å²) in [6, 6.07) is 13.3. The van der Waals surface area contributed by atoms with Crippen molar-refractivity contribution in [3.63, 3.8) is 0 Å². The monoisotopic (exact) mass is 533 g/mol. The first kappa shape index (κ1) is 27.7. The number of carbonyl (C=O) groups is 3. The van der Waals surface area contributed by atoms with Crippen molar-refractivity contribution in [1.29, 1.82) is 0 Å². The van der Waals surface area contributed by atoms with Crippen molar-refractivity contribution in [2.45, 2.75) is 39.0 Å². The Labute approximate surface area is 216 Å². The van der Waals surface area contributed by atoms with Gasteiger partial charge in [0.1, 0.15) is 5.60 Å². The van der Waals surface area contributed by atoms with Crippen LogP contribution in [0.3, 0.4) is 0 Å². The third-order valence-electron chi connectivity index (χ3n) is 4.79. The number of ketones is 1. The Balaban J connectivity index is 1.82. The lowest BCUT2D eigenvalue weighted by atomic mass is 10.0. The quantitative estimate of drug-likeness (QED) is 0.263. The van der Waals surface area contributed by atoms with Gasteiger partial charge in [-0.05, 0) is 51.1 Å². The Kier molecular flexibility index (Phi) is 8.22. The van der Waals surface area contributed by atoms with Crippen molar-refractivity contribution < 1.29 is 32.3 Å². The minimum Gasteiger partial charge on any atom is -0.444 e. The van der Waals surface area contributed by atoms with Gasteiger partial charge in [-0.25, -0.2) is 4.79 Å². The lowest BCUT2D eigenvalue weighted by Crippen LogP contribution is -2.28.